The van der Waals surface area contributed by atoms with E-state index in [0.29, 0.717) is 21.8 Å². The van der Waals surface area contributed by atoms with E-state index in [2.05, 4.69) is 5.32 Å². The molecule has 0 saturated carbocycles. The molecular formula is C26H26F4N2O4S3. The van der Waals surface area contributed by atoms with E-state index in [9.17, 15) is 31.9 Å². The number of thiocarbonyl (C=S) groups is 1. The summed E-state index contributed by atoms with van der Waals surface area (Å²) in [5, 5.41) is 4.32. The van der Waals surface area contributed by atoms with Crippen LogP contribution in [0.1, 0.15) is 50.5 Å². The van der Waals surface area contributed by atoms with Crippen LogP contribution in [0, 0.1) is 5.82 Å². The molecule has 0 bridgehead atoms. The van der Waals surface area contributed by atoms with Crippen LogP contribution in [-0.4, -0.2) is 45.7 Å². The van der Waals surface area contributed by atoms with Gasteiger partial charge in [-0.25, -0.2) is 4.39 Å². The zero-order valence-corrected chi connectivity index (χ0v) is 23.8. The summed E-state index contributed by atoms with van der Waals surface area (Å²) in [6.45, 7) is 5.69. The molecule has 13 heteroatoms. The van der Waals surface area contributed by atoms with Gasteiger partial charge < -0.3 is 10.1 Å². The summed E-state index contributed by atoms with van der Waals surface area (Å²) in [5.41, 5.74) is -1.26. The van der Waals surface area contributed by atoms with Gasteiger partial charge in [-0.05, 0) is 68.0 Å². The van der Waals surface area contributed by atoms with Crippen LogP contribution in [0.5, 0.6) is 0 Å². The number of halogens is 4. The van der Waals surface area contributed by atoms with Crippen molar-refractivity contribution >= 4 is 63.5 Å². The van der Waals surface area contributed by atoms with E-state index in [-0.39, 0.29) is 53.6 Å². The summed E-state index contributed by atoms with van der Waals surface area (Å²) in [6, 6.07) is 4.40. The molecule has 1 N–H and O–H groups in total. The minimum atomic E-state index is -4.82. The fourth-order valence-electron chi connectivity index (χ4n) is 3.48. The van der Waals surface area contributed by atoms with Gasteiger partial charge in [-0.3, -0.25) is 19.3 Å². The fourth-order valence-corrected chi connectivity index (χ4v) is 5.70. The number of hydrogen-bond donors (Lipinski definition) is 1. The normalized spacial score (nSPS) is 15.3. The van der Waals surface area contributed by atoms with Gasteiger partial charge in [0, 0.05) is 30.8 Å². The van der Waals surface area contributed by atoms with Crippen molar-refractivity contribution in [3.8, 4) is 11.1 Å². The summed E-state index contributed by atoms with van der Waals surface area (Å²) < 4.78 is 58.3. The Bertz CT molecular complexity index is 1300. The maximum atomic E-state index is 13.6. The fraction of sp³-hybridized carbons (Fsp3) is 0.385. The summed E-state index contributed by atoms with van der Waals surface area (Å²) in [6.07, 6.45) is -2.63. The Labute approximate surface area is 236 Å². The van der Waals surface area contributed by atoms with Crippen LogP contribution >= 0.6 is 35.3 Å². The Hall–Kier alpha value is -2.77. The molecule has 0 atom stereocenters. The molecule has 1 aromatic carbocycles. The van der Waals surface area contributed by atoms with E-state index in [4.69, 9.17) is 17.0 Å². The highest BCUT2D eigenvalue weighted by atomic mass is 32.2. The number of hydrogen-bond acceptors (Lipinski definition) is 7. The van der Waals surface area contributed by atoms with Gasteiger partial charge in [0.05, 0.1) is 10.5 Å². The standard InChI is InChI=1S/C26H26F4N2O4S3/c1-25(2,3)36-22(34)5-4-9-31-21(33)8-10-32-23(35)20(39-24(32)37)13-17-11-16(14-38-17)15-6-7-19(27)18(12-15)26(28,29)30/h6-7,11-14H,4-5,8-10H2,1-3H3,(H,31,33). The number of carbonyl (C=O) groups excluding carboxylic acids is 3. The molecule has 0 aliphatic carbocycles. The molecule has 1 aromatic heterocycles. The van der Waals surface area contributed by atoms with Crippen LogP contribution in [0.2, 0.25) is 0 Å². The van der Waals surface area contributed by atoms with Gasteiger partial charge in [0.1, 0.15) is 15.7 Å². The van der Waals surface area contributed by atoms with E-state index in [1.165, 1.54) is 22.3 Å². The molecule has 1 fully saturated rings. The Morgan fingerprint density at radius 2 is 1.85 bits per heavy atom. The highest BCUT2D eigenvalue weighted by Gasteiger charge is 2.35. The Balaban J connectivity index is 1.54. The molecule has 0 radical (unpaired) electrons. The van der Waals surface area contributed by atoms with Gasteiger partial charge in [-0.2, -0.15) is 13.2 Å². The van der Waals surface area contributed by atoms with E-state index in [1.807, 2.05) is 0 Å². The van der Waals surface area contributed by atoms with Crippen molar-refractivity contribution < 1.29 is 36.7 Å². The zero-order valence-electron chi connectivity index (χ0n) is 21.3. The molecule has 210 valence electrons. The monoisotopic (exact) mass is 602 g/mol. The third-order valence-corrected chi connectivity index (χ3v) is 7.49. The number of benzene rings is 1. The molecule has 39 heavy (non-hydrogen) atoms. The maximum absolute atomic E-state index is 13.6. The second-order valence-electron chi connectivity index (χ2n) is 9.55. The lowest BCUT2D eigenvalue weighted by Gasteiger charge is -2.19. The first-order valence-electron chi connectivity index (χ1n) is 11.8. The molecule has 2 heterocycles. The molecule has 0 unspecified atom stereocenters. The predicted molar refractivity (Wildman–Crippen MR) is 147 cm³/mol. The molecule has 2 aromatic rings. The van der Waals surface area contributed by atoms with Crippen LogP contribution in [0.15, 0.2) is 34.6 Å². The van der Waals surface area contributed by atoms with Gasteiger partial charge in [0.25, 0.3) is 5.91 Å². The molecule has 0 spiro atoms. The first-order chi connectivity index (χ1) is 18.1. The van der Waals surface area contributed by atoms with Gasteiger partial charge in [0.15, 0.2) is 0 Å². The highest BCUT2D eigenvalue weighted by Crippen LogP contribution is 2.37. The Morgan fingerprint density at radius 3 is 2.51 bits per heavy atom. The Kier molecular flexibility index (Phi) is 9.94. The molecule has 6 nitrogen and oxygen atoms in total. The van der Waals surface area contributed by atoms with E-state index in [0.717, 1.165) is 23.9 Å². The lowest BCUT2D eigenvalue weighted by atomic mass is 10.0. The second kappa shape index (κ2) is 12.6. The van der Waals surface area contributed by atoms with E-state index >= 15 is 0 Å². The van der Waals surface area contributed by atoms with Crippen LogP contribution in [0.25, 0.3) is 17.2 Å². The molecular weight excluding hydrogens is 576 g/mol. The van der Waals surface area contributed by atoms with Crippen molar-refractivity contribution in [3.63, 3.8) is 0 Å². The first kappa shape index (κ1) is 30.8. The van der Waals surface area contributed by atoms with Gasteiger partial charge >= 0.3 is 12.1 Å². The first-order valence-corrected chi connectivity index (χ1v) is 13.9. The van der Waals surface area contributed by atoms with Crippen molar-refractivity contribution in [2.45, 2.75) is 51.8 Å². The molecule has 3 rings (SSSR count). The van der Waals surface area contributed by atoms with Crippen LogP contribution < -0.4 is 5.32 Å². The average Bonchev–Trinajstić information content (AvgIpc) is 3.38. The minimum absolute atomic E-state index is 0.0153. The summed E-state index contributed by atoms with van der Waals surface area (Å²) in [5.74, 6) is -2.36. The second-order valence-corrected chi connectivity index (χ2v) is 12.2. The Morgan fingerprint density at radius 1 is 1.13 bits per heavy atom. The number of carbonyl (C=O) groups is 3. The molecule has 1 saturated heterocycles. The highest BCUT2D eigenvalue weighted by molar-refractivity contribution is 8.26. The number of alkyl halides is 3. The van der Waals surface area contributed by atoms with Crippen molar-refractivity contribution in [3.05, 3.63) is 50.8 Å². The van der Waals surface area contributed by atoms with Gasteiger partial charge in [-0.15, -0.1) is 11.3 Å². The van der Waals surface area contributed by atoms with Crippen molar-refractivity contribution in [2.75, 3.05) is 13.1 Å². The molecule has 1 aliphatic heterocycles. The van der Waals surface area contributed by atoms with E-state index < -0.39 is 23.2 Å². The summed E-state index contributed by atoms with van der Waals surface area (Å²) >= 11 is 7.57. The van der Waals surface area contributed by atoms with Crippen molar-refractivity contribution in [2.24, 2.45) is 0 Å². The van der Waals surface area contributed by atoms with Crippen LogP contribution in [0.3, 0.4) is 0 Å². The predicted octanol–water partition coefficient (Wildman–Crippen LogP) is 6.40. The summed E-state index contributed by atoms with van der Waals surface area (Å²) in [7, 11) is 0. The number of nitrogens with one attached hydrogen (secondary N) is 1. The number of amides is 2. The van der Waals surface area contributed by atoms with Gasteiger partial charge in [0.2, 0.25) is 5.91 Å². The topological polar surface area (TPSA) is 75.7 Å². The smallest absolute Gasteiger partial charge is 0.419 e. The molecule has 2 amide bonds. The van der Waals surface area contributed by atoms with E-state index in [1.54, 1.807) is 38.3 Å². The SMILES string of the molecule is CC(C)(C)OC(=O)CCCNC(=O)CCN1C(=O)C(=Cc2cc(-c3ccc(F)c(C(F)(F)F)c3)cs2)SC1=S. The summed E-state index contributed by atoms with van der Waals surface area (Å²) in [4.78, 5) is 39.0. The number of esters is 1. The number of thioether (sulfide) groups is 1. The number of thiophene rings is 1. The lowest BCUT2D eigenvalue weighted by molar-refractivity contribution is -0.155. The van der Waals surface area contributed by atoms with Crippen LogP contribution in [-0.2, 0) is 25.3 Å². The van der Waals surface area contributed by atoms with Crippen LogP contribution in [0.4, 0.5) is 17.6 Å². The number of ether oxygens (including phenoxy) is 1. The minimum Gasteiger partial charge on any atom is -0.460 e. The maximum Gasteiger partial charge on any atom is 0.419 e. The zero-order chi connectivity index (χ0) is 29.0. The number of rotatable bonds is 9. The quantitative estimate of drug-likeness (QED) is 0.118. The lowest BCUT2D eigenvalue weighted by Crippen LogP contribution is -2.34. The third kappa shape index (κ3) is 8.87. The average molecular weight is 603 g/mol. The third-order valence-electron chi connectivity index (χ3n) is 5.23. The largest absolute Gasteiger partial charge is 0.460 e. The van der Waals surface area contributed by atoms with Gasteiger partial charge in [-0.1, -0.05) is 30.0 Å². The molecule has 1 aliphatic rings. The van der Waals surface area contributed by atoms with Crippen molar-refractivity contribution in [1.82, 2.24) is 10.2 Å². The number of nitrogens with zero attached hydrogens (tertiary/aromatic N) is 1. The van der Waals surface area contributed by atoms with Crippen molar-refractivity contribution in [1.29, 1.82) is 0 Å².